The number of rotatable bonds is 3. The van der Waals surface area contributed by atoms with Gasteiger partial charge in [-0.1, -0.05) is 0 Å². The molecule has 16 heavy (non-hydrogen) atoms. The van der Waals surface area contributed by atoms with Crippen molar-refractivity contribution in [3.05, 3.63) is 0 Å². The van der Waals surface area contributed by atoms with Gasteiger partial charge in [-0.3, -0.25) is 4.79 Å². The Labute approximate surface area is 97.8 Å². The van der Waals surface area contributed by atoms with Crippen LogP contribution in [0.4, 0.5) is 0 Å². The zero-order valence-electron chi connectivity index (χ0n) is 10.4. The second-order valence-electron chi connectivity index (χ2n) is 5.42. The van der Waals surface area contributed by atoms with Crippen molar-refractivity contribution in [3.8, 4) is 0 Å². The number of amides is 1. The molecule has 2 rings (SSSR count). The number of carbonyl (C=O) groups excluding carboxylic acids is 1. The molecule has 2 heterocycles. The third-order valence-corrected chi connectivity index (χ3v) is 3.91. The molecule has 0 aliphatic carbocycles. The molecule has 4 nitrogen and oxygen atoms in total. The van der Waals surface area contributed by atoms with Crippen molar-refractivity contribution >= 4 is 5.91 Å². The van der Waals surface area contributed by atoms with Gasteiger partial charge in [-0.25, -0.2) is 0 Å². The maximum absolute atomic E-state index is 12.0. The maximum atomic E-state index is 12.0. The third kappa shape index (κ3) is 2.55. The molecule has 92 valence electrons. The van der Waals surface area contributed by atoms with E-state index in [1.165, 1.54) is 0 Å². The van der Waals surface area contributed by atoms with E-state index in [1.54, 1.807) is 0 Å². The molecule has 0 aromatic rings. The Morgan fingerprint density at radius 3 is 3.00 bits per heavy atom. The molecule has 0 bridgehead atoms. The fourth-order valence-electron chi connectivity index (χ4n) is 2.66. The lowest BCUT2D eigenvalue weighted by molar-refractivity contribution is -0.131. The topological polar surface area (TPSA) is 44.4 Å². The predicted molar refractivity (Wildman–Crippen MR) is 64.3 cm³/mol. The summed E-state index contributed by atoms with van der Waals surface area (Å²) in [6.45, 7) is 7.78. The first-order valence-electron chi connectivity index (χ1n) is 6.36. The zero-order chi connectivity index (χ0) is 11.6. The van der Waals surface area contributed by atoms with Gasteiger partial charge in [0.1, 0.15) is 0 Å². The molecule has 1 amide bonds. The van der Waals surface area contributed by atoms with Gasteiger partial charge in [0.25, 0.3) is 0 Å². The lowest BCUT2D eigenvalue weighted by Crippen LogP contribution is -2.49. The van der Waals surface area contributed by atoms with E-state index in [0.29, 0.717) is 12.6 Å². The van der Waals surface area contributed by atoms with E-state index in [2.05, 4.69) is 24.5 Å². The van der Waals surface area contributed by atoms with Crippen LogP contribution < -0.4 is 10.6 Å². The van der Waals surface area contributed by atoms with Crippen molar-refractivity contribution in [2.75, 3.05) is 26.2 Å². The first-order chi connectivity index (χ1) is 7.61. The molecule has 4 heteroatoms. The van der Waals surface area contributed by atoms with E-state index in [-0.39, 0.29) is 11.4 Å². The molecule has 2 saturated heterocycles. The van der Waals surface area contributed by atoms with Crippen LogP contribution in [0.3, 0.4) is 0 Å². The summed E-state index contributed by atoms with van der Waals surface area (Å²) in [5.74, 6) is 0.262. The summed E-state index contributed by atoms with van der Waals surface area (Å²) < 4.78 is 0. The van der Waals surface area contributed by atoms with Crippen LogP contribution in [0.1, 0.15) is 33.1 Å². The normalized spacial score (nSPS) is 34.6. The quantitative estimate of drug-likeness (QED) is 0.728. The Bertz CT molecular complexity index is 261. The van der Waals surface area contributed by atoms with E-state index < -0.39 is 0 Å². The molecule has 2 atom stereocenters. The molecular weight excluding hydrogens is 202 g/mol. The van der Waals surface area contributed by atoms with Gasteiger partial charge in [-0.2, -0.15) is 0 Å². The van der Waals surface area contributed by atoms with Crippen LogP contribution in [0, 0.1) is 0 Å². The maximum Gasteiger partial charge on any atom is 0.236 e. The summed E-state index contributed by atoms with van der Waals surface area (Å²) >= 11 is 0. The Morgan fingerprint density at radius 1 is 1.62 bits per heavy atom. The minimum atomic E-state index is 0.110. The lowest BCUT2D eigenvalue weighted by atomic mass is 10.0. The summed E-state index contributed by atoms with van der Waals surface area (Å²) in [4.78, 5) is 14.0. The minimum absolute atomic E-state index is 0.110. The summed E-state index contributed by atoms with van der Waals surface area (Å²) in [7, 11) is 0. The van der Waals surface area contributed by atoms with Crippen LogP contribution >= 0.6 is 0 Å². The smallest absolute Gasteiger partial charge is 0.236 e. The molecule has 0 radical (unpaired) electrons. The van der Waals surface area contributed by atoms with Gasteiger partial charge in [0.2, 0.25) is 5.91 Å². The molecular formula is C12H23N3O. The van der Waals surface area contributed by atoms with Crippen LogP contribution in [0.2, 0.25) is 0 Å². The first-order valence-corrected chi connectivity index (χ1v) is 6.36. The predicted octanol–water partition coefficient (Wildman–Crippen LogP) is 0.339. The Balaban J connectivity index is 1.79. The van der Waals surface area contributed by atoms with Crippen molar-refractivity contribution in [1.82, 2.24) is 15.5 Å². The summed E-state index contributed by atoms with van der Waals surface area (Å²) in [6.07, 6.45) is 3.42. The number of likely N-dealkylation sites (tertiary alicyclic amines) is 1. The van der Waals surface area contributed by atoms with Crippen LogP contribution in [0.15, 0.2) is 0 Å². The standard InChI is InChI=1S/C12H23N3O/c1-10-4-3-7-15(10)11(16)8-14-12(2)5-6-13-9-12/h10,13-14H,3-9H2,1-2H3/t10-,12-/m1/s1. The molecule has 2 aliphatic rings. The van der Waals surface area contributed by atoms with Crippen LogP contribution in [-0.2, 0) is 4.79 Å². The molecule has 0 spiro atoms. The number of hydrogen-bond acceptors (Lipinski definition) is 3. The summed E-state index contributed by atoms with van der Waals surface area (Å²) in [5, 5.41) is 6.73. The molecule has 2 aliphatic heterocycles. The Morgan fingerprint density at radius 2 is 2.44 bits per heavy atom. The van der Waals surface area contributed by atoms with Crippen LogP contribution in [-0.4, -0.2) is 48.6 Å². The highest BCUT2D eigenvalue weighted by Crippen LogP contribution is 2.17. The van der Waals surface area contributed by atoms with Crippen molar-refractivity contribution in [1.29, 1.82) is 0 Å². The van der Waals surface area contributed by atoms with Gasteiger partial charge >= 0.3 is 0 Å². The second kappa shape index (κ2) is 4.72. The third-order valence-electron chi connectivity index (χ3n) is 3.91. The second-order valence-corrected chi connectivity index (χ2v) is 5.42. The van der Waals surface area contributed by atoms with Gasteiger partial charge in [0.15, 0.2) is 0 Å². The zero-order valence-corrected chi connectivity index (χ0v) is 10.4. The average molecular weight is 225 g/mol. The summed E-state index contributed by atoms with van der Waals surface area (Å²) in [5.41, 5.74) is 0.110. The number of nitrogens with one attached hydrogen (secondary N) is 2. The van der Waals surface area contributed by atoms with Gasteiger partial charge in [0.05, 0.1) is 6.54 Å². The van der Waals surface area contributed by atoms with Crippen molar-refractivity contribution in [3.63, 3.8) is 0 Å². The monoisotopic (exact) mass is 225 g/mol. The van der Waals surface area contributed by atoms with Gasteiger partial charge in [-0.15, -0.1) is 0 Å². The van der Waals surface area contributed by atoms with E-state index >= 15 is 0 Å². The first kappa shape index (κ1) is 11.9. The Hall–Kier alpha value is -0.610. The van der Waals surface area contributed by atoms with Gasteiger partial charge < -0.3 is 15.5 Å². The largest absolute Gasteiger partial charge is 0.339 e. The fourth-order valence-corrected chi connectivity index (χ4v) is 2.66. The van der Waals surface area contributed by atoms with Crippen LogP contribution in [0.25, 0.3) is 0 Å². The van der Waals surface area contributed by atoms with E-state index in [4.69, 9.17) is 0 Å². The lowest BCUT2D eigenvalue weighted by Gasteiger charge is -2.27. The molecule has 0 aromatic heterocycles. The highest BCUT2D eigenvalue weighted by molar-refractivity contribution is 5.78. The fraction of sp³-hybridized carbons (Fsp3) is 0.917. The van der Waals surface area contributed by atoms with E-state index in [9.17, 15) is 4.79 Å². The van der Waals surface area contributed by atoms with Crippen LogP contribution in [0.5, 0.6) is 0 Å². The average Bonchev–Trinajstić information content (AvgIpc) is 2.85. The number of carbonyl (C=O) groups is 1. The molecule has 0 saturated carbocycles. The molecule has 0 aromatic carbocycles. The van der Waals surface area contributed by atoms with Crippen molar-refractivity contribution in [2.24, 2.45) is 0 Å². The van der Waals surface area contributed by atoms with E-state index in [1.807, 2.05) is 4.90 Å². The SMILES string of the molecule is C[C@@H]1CCCN1C(=O)CN[C@]1(C)CCNC1. The molecule has 2 fully saturated rings. The van der Waals surface area contributed by atoms with E-state index in [0.717, 1.165) is 38.9 Å². The molecule has 0 unspecified atom stereocenters. The number of nitrogens with zero attached hydrogens (tertiary/aromatic N) is 1. The van der Waals surface area contributed by atoms with Crippen molar-refractivity contribution in [2.45, 2.75) is 44.7 Å². The molecule has 2 N–H and O–H groups in total. The highest BCUT2D eigenvalue weighted by Gasteiger charge is 2.30. The number of hydrogen-bond donors (Lipinski definition) is 2. The highest BCUT2D eigenvalue weighted by atomic mass is 16.2. The van der Waals surface area contributed by atoms with Crippen molar-refractivity contribution < 1.29 is 4.79 Å². The minimum Gasteiger partial charge on any atom is -0.339 e. The van der Waals surface area contributed by atoms with Gasteiger partial charge in [0, 0.05) is 24.7 Å². The Kier molecular flexibility index (Phi) is 3.50. The van der Waals surface area contributed by atoms with Gasteiger partial charge in [-0.05, 0) is 39.7 Å². The summed E-state index contributed by atoms with van der Waals surface area (Å²) in [6, 6.07) is 0.434.